The van der Waals surface area contributed by atoms with Crippen LogP contribution in [0.5, 0.6) is 0 Å². The molecule has 0 rings (SSSR count). The molecule has 0 spiro atoms. The highest BCUT2D eigenvalue weighted by atomic mass is 31.2. The molecule has 0 aromatic carbocycles. The molecule has 0 aliphatic heterocycles. The SMILES string of the molecule is CCCC/C=C\CCCC/C=C\CCCCCOC[C@H](COP(=O)([O-])C(CC)[N+](C)(C)C)OC. The number of allylic oxidation sites excluding steroid dienone is 4. The maximum absolute atomic E-state index is 12.5. The first-order chi connectivity index (χ1) is 16.2. The van der Waals surface area contributed by atoms with E-state index in [9.17, 15) is 9.46 Å². The molecule has 0 aromatic heterocycles. The Morgan fingerprint density at radius 2 is 1.35 bits per heavy atom. The van der Waals surface area contributed by atoms with Crippen molar-refractivity contribution >= 4 is 7.60 Å². The van der Waals surface area contributed by atoms with Gasteiger partial charge in [-0.15, -0.1) is 0 Å². The summed E-state index contributed by atoms with van der Waals surface area (Å²) >= 11 is 0. The van der Waals surface area contributed by atoms with Crippen molar-refractivity contribution < 1.29 is 27.9 Å². The molecule has 0 heterocycles. The van der Waals surface area contributed by atoms with Gasteiger partial charge in [0.2, 0.25) is 0 Å². The van der Waals surface area contributed by atoms with Gasteiger partial charge in [0.1, 0.15) is 6.10 Å². The maximum Gasteiger partial charge on any atom is 0.193 e. The van der Waals surface area contributed by atoms with Gasteiger partial charge < -0.3 is 27.9 Å². The van der Waals surface area contributed by atoms with E-state index in [4.69, 9.17) is 14.0 Å². The fraction of sp³-hybridized carbons (Fsp3) is 0.852. The lowest BCUT2D eigenvalue weighted by molar-refractivity contribution is -0.884. The molecule has 34 heavy (non-hydrogen) atoms. The molecule has 0 radical (unpaired) electrons. The minimum Gasteiger partial charge on any atom is -0.774 e. The third-order valence-electron chi connectivity index (χ3n) is 5.91. The van der Waals surface area contributed by atoms with E-state index in [2.05, 4.69) is 31.2 Å². The average Bonchev–Trinajstić information content (AvgIpc) is 2.77. The van der Waals surface area contributed by atoms with E-state index in [-0.39, 0.29) is 12.7 Å². The number of hydrogen-bond donors (Lipinski definition) is 0. The summed E-state index contributed by atoms with van der Waals surface area (Å²) in [6, 6.07) is 0. The number of unbranched alkanes of at least 4 members (excludes halogenated alkanes) is 8. The summed E-state index contributed by atoms with van der Waals surface area (Å²) in [6.45, 7) is 5.08. The zero-order chi connectivity index (χ0) is 25.7. The predicted octanol–water partition coefficient (Wildman–Crippen LogP) is 6.45. The molecule has 7 heteroatoms. The quantitative estimate of drug-likeness (QED) is 0.0693. The minimum absolute atomic E-state index is 0.00623. The van der Waals surface area contributed by atoms with Crippen LogP contribution in [0.4, 0.5) is 0 Å². The molecule has 0 saturated heterocycles. The summed E-state index contributed by atoms with van der Waals surface area (Å²) in [5, 5.41) is 0. The molecule has 0 amide bonds. The van der Waals surface area contributed by atoms with Crippen LogP contribution >= 0.6 is 7.60 Å². The lowest BCUT2D eigenvalue weighted by Gasteiger charge is -2.41. The fourth-order valence-corrected chi connectivity index (χ4v) is 5.67. The summed E-state index contributed by atoms with van der Waals surface area (Å²) in [4.78, 5) is 12.5. The molecule has 0 fully saturated rings. The van der Waals surface area contributed by atoms with E-state index in [1.165, 1.54) is 51.4 Å². The summed E-state index contributed by atoms with van der Waals surface area (Å²) in [6.07, 6.45) is 22.5. The largest absolute Gasteiger partial charge is 0.774 e. The van der Waals surface area contributed by atoms with Gasteiger partial charge in [-0.25, -0.2) is 0 Å². The van der Waals surface area contributed by atoms with Crippen molar-refractivity contribution in [1.82, 2.24) is 0 Å². The molecule has 0 bridgehead atoms. The Morgan fingerprint density at radius 3 is 1.82 bits per heavy atom. The van der Waals surface area contributed by atoms with Gasteiger partial charge in [-0.2, -0.15) is 0 Å². The third-order valence-corrected chi connectivity index (χ3v) is 8.21. The Kier molecular flexibility index (Phi) is 20.4. The summed E-state index contributed by atoms with van der Waals surface area (Å²) in [7, 11) is 3.16. The van der Waals surface area contributed by atoms with E-state index < -0.39 is 13.4 Å². The molecule has 0 aliphatic rings. The van der Waals surface area contributed by atoms with Gasteiger partial charge in [0.25, 0.3) is 0 Å². The van der Waals surface area contributed by atoms with Crippen molar-refractivity contribution in [3.63, 3.8) is 0 Å². The highest BCUT2D eigenvalue weighted by Gasteiger charge is 2.34. The summed E-state index contributed by atoms with van der Waals surface area (Å²) in [5.74, 6) is -0.572. The Balaban J connectivity index is 3.78. The molecular weight excluding hydrogens is 449 g/mol. The van der Waals surface area contributed by atoms with Gasteiger partial charge in [-0.05, 0) is 51.4 Å². The summed E-state index contributed by atoms with van der Waals surface area (Å²) < 4.78 is 29.2. The van der Waals surface area contributed by atoms with Crippen LogP contribution in [-0.2, 0) is 18.6 Å². The molecular formula is C27H54NO5P. The van der Waals surface area contributed by atoms with Crippen molar-refractivity contribution in [1.29, 1.82) is 0 Å². The van der Waals surface area contributed by atoms with E-state index >= 15 is 0 Å². The van der Waals surface area contributed by atoms with E-state index in [0.717, 1.165) is 19.3 Å². The van der Waals surface area contributed by atoms with E-state index in [0.29, 0.717) is 24.1 Å². The van der Waals surface area contributed by atoms with Crippen LogP contribution in [0.3, 0.4) is 0 Å². The molecule has 0 aliphatic carbocycles. The van der Waals surface area contributed by atoms with Crippen LogP contribution in [0, 0.1) is 0 Å². The highest BCUT2D eigenvalue weighted by Crippen LogP contribution is 2.47. The van der Waals surface area contributed by atoms with Crippen LogP contribution in [0.15, 0.2) is 24.3 Å². The molecule has 2 unspecified atom stereocenters. The smallest absolute Gasteiger partial charge is 0.193 e. The normalized spacial score (nSPS) is 16.3. The number of ether oxygens (including phenoxy) is 2. The van der Waals surface area contributed by atoms with Crippen LogP contribution in [0.25, 0.3) is 0 Å². The topological polar surface area (TPSA) is 67.8 Å². The van der Waals surface area contributed by atoms with Crippen LogP contribution in [0.1, 0.15) is 90.9 Å². The van der Waals surface area contributed by atoms with Gasteiger partial charge >= 0.3 is 0 Å². The Bertz CT molecular complexity index is 574. The Morgan fingerprint density at radius 1 is 0.824 bits per heavy atom. The van der Waals surface area contributed by atoms with Crippen molar-refractivity contribution in [3.05, 3.63) is 24.3 Å². The minimum atomic E-state index is -3.99. The fourth-order valence-electron chi connectivity index (χ4n) is 3.83. The second kappa shape index (κ2) is 20.7. The highest BCUT2D eigenvalue weighted by molar-refractivity contribution is 7.51. The number of nitrogens with zero attached hydrogens (tertiary/aromatic N) is 1. The molecule has 0 saturated carbocycles. The second-order valence-corrected chi connectivity index (χ2v) is 11.9. The molecule has 3 atom stereocenters. The Labute approximate surface area is 210 Å². The average molecular weight is 504 g/mol. The van der Waals surface area contributed by atoms with E-state index in [1.807, 2.05) is 28.1 Å². The maximum atomic E-state index is 12.5. The summed E-state index contributed by atoms with van der Waals surface area (Å²) in [5.41, 5.74) is 0. The van der Waals surface area contributed by atoms with Crippen molar-refractivity contribution in [2.45, 2.75) is 103 Å². The Hall–Kier alpha value is -0.490. The molecule has 0 aromatic rings. The predicted molar refractivity (Wildman–Crippen MR) is 142 cm³/mol. The van der Waals surface area contributed by atoms with Crippen LogP contribution in [0.2, 0.25) is 0 Å². The molecule has 0 N–H and O–H groups in total. The second-order valence-electron chi connectivity index (χ2n) is 9.99. The third kappa shape index (κ3) is 17.9. The first-order valence-electron chi connectivity index (χ1n) is 13.4. The number of hydrogen-bond acceptors (Lipinski definition) is 5. The van der Waals surface area contributed by atoms with Gasteiger partial charge in [0.05, 0.1) is 34.4 Å². The molecule has 202 valence electrons. The monoisotopic (exact) mass is 503 g/mol. The van der Waals surface area contributed by atoms with E-state index in [1.54, 1.807) is 7.11 Å². The zero-order valence-electron chi connectivity index (χ0n) is 23.0. The first kappa shape index (κ1) is 33.5. The standard InChI is InChI=1S/C27H54NO5P/c1-7-9-10-11-12-13-14-15-16-17-18-19-20-21-22-23-32-24-26(31-6)25-33-34(29,30)27(8-2)28(3,4)5/h11-12,17-18,26-27H,7-10,13-16,19-25H2,1-6H3/b12-11-,18-17-/t26-,27?/m1/s1. The first-order valence-corrected chi connectivity index (χ1v) is 15.0. The van der Waals surface area contributed by atoms with Crippen LogP contribution in [-0.4, -0.2) is 64.4 Å². The zero-order valence-corrected chi connectivity index (χ0v) is 23.9. The van der Waals surface area contributed by atoms with Crippen molar-refractivity contribution in [2.24, 2.45) is 0 Å². The van der Waals surface area contributed by atoms with Crippen LogP contribution < -0.4 is 4.89 Å². The number of methoxy groups -OCH3 is 1. The number of rotatable bonds is 23. The van der Waals surface area contributed by atoms with Crippen molar-refractivity contribution in [3.8, 4) is 0 Å². The van der Waals surface area contributed by atoms with Gasteiger partial charge in [-0.3, -0.25) is 0 Å². The van der Waals surface area contributed by atoms with Crippen molar-refractivity contribution in [2.75, 3.05) is 48.1 Å². The number of quaternary nitrogens is 1. The molecule has 6 nitrogen and oxygen atoms in total. The van der Waals surface area contributed by atoms with Gasteiger partial charge in [0, 0.05) is 20.1 Å². The van der Waals surface area contributed by atoms with Gasteiger partial charge in [0.15, 0.2) is 13.4 Å². The van der Waals surface area contributed by atoms with Gasteiger partial charge in [-0.1, -0.05) is 57.4 Å². The lowest BCUT2D eigenvalue weighted by atomic mass is 10.1. The lowest BCUT2D eigenvalue weighted by Crippen LogP contribution is -2.47.